The van der Waals surface area contributed by atoms with E-state index >= 15 is 0 Å². The monoisotopic (exact) mass is 461 g/mol. The molecule has 7 nitrogen and oxygen atoms in total. The highest BCUT2D eigenvalue weighted by Gasteiger charge is 2.44. The van der Waals surface area contributed by atoms with Gasteiger partial charge >= 0.3 is 12.5 Å². The predicted octanol–water partition coefficient (Wildman–Crippen LogP) is 5.29. The van der Waals surface area contributed by atoms with Crippen molar-refractivity contribution in [2.45, 2.75) is 19.4 Å². The minimum atomic E-state index is -4.90. The molecule has 0 atom stereocenters. The van der Waals surface area contributed by atoms with E-state index in [1.54, 1.807) is 0 Å². The zero-order valence-corrected chi connectivity index (χ0v) is 15.9. The van der Waals surface area contributed by atoms with Gasteiger partial charge in [0, 0.05) is 23.4 Å². The van der Waals surface area contributed by atoms with Crippen LogP contribution in [0.3, 0.4) is 0 Å². The average molecular weight is 462 g/mol. The van der Waals surface area contributed by atoms with Gasteiger partial charge in [0.2, 0.25) is 0 Å². The summed E-state index contributed by atoms with van der Waals surface area (Å²) in [5, 5.41) is 5.46. The summed E-state index contributed by atoms with van der Waals surface area (Å²) in [7, 11) is 0. The van der Waals surface area contributed by atoms with Crippen molar-refractivity contribution < 1.29 is 40.7 Å². The van der Waals surface area contributed by atoms with Crippen molar-refractivity contribution in [3.8, 4) is 22.6 Å². The fourth-order valence-electron chi connectivity index (χ4n) is 2.83. The summed E-state index contributed by atoms with van der Waals surface area (Å²) in [4.78, 5) is 16.2. The van der Waals surface area contributed by atoms with Crippen LogP contribution >= 0.6 is 11.6 Å². The second-order valence-electron chi connectivity index (χ2n) is 6.30. The van der Waals surface area contributed by atoms with Crippen LogP contribution in [0.2, 0.25) is 5.02 Å². The van der Waals surface area contributed by atoms with Crippen molar-refractivity contribution >= 4 is 23.3 Å². The number of amides is 1. The molecule has 0 radical (unpaired) electrons. The number of aromatic nitrogens is 2. The molecule has 4 rings (SSSR count). The first-order chi connectivity index (χ1) is 14.4. The van der Waals surface area contributed by atoms with Crippen molar-refractivity contribution in [2.75, 3.05) is 5.32 Å². The molecule has 0 saturated heterocycles. The smallest absolute Gasteiger partial charge is 0.395 e. The van der Waals surface area contributed by atoms with Gasteiger partial charge in [-0.05, 0) is 25.1 Å². The molecule has 31 heavy (non-hydrogen) atoms. The van der Waals surface area contributed by atoms with Crippen LogP contribution in [0.4, 0.5) is 27.8 Å². The van der Waals surface area contributed by atoms with Gasteiger partial charge in [-0.25, -0.2) is 4.98 Å². The molecule has 1 amide bonds. The van der Waals surface area contributed by atoms with Crippen LogP contribution in [0.1, 0.15) is 21.8 Å². The molecule has 0 saturated carbocycles. The number of fused-ring (bicyclic) bond motifs is 1. The molecule has 3 heterocycles. The van der Waals surface area contributed by atoms with E-state index < -0.39 is 29.7 Å². The maximum Gasteiger partial charge on any atom is 0.586 e. The van der Waals surface area contributed by atoms with Gasteiger partial charge < -0.3 is 19.3 Å². The Balaban J connectivity index is 1.57. The summed E-state index contributed by atoms with van der Waals surface area (Å²) < 4.78 is 78.2. The van der Waals surface area contributed by atoms with Crippen LogP contribution in [-0.2, 0) is 6.18 Å². The van der Waals surface area contributed by atoms with E-state index in [0.29, 0.717) is 5.56 Å². The van der Waals surface area contributed by atoms with Crippen molar-refractivity contribution in [1.29, 1.82) is 0 Å². The SMILES string of the molecule is Cc1noc(C(F)(F)F)c1C(=O)Nc1ccc(-c2cc3c(cc2Cl)OC(F)(F)O3)cn1. The Hall–Kier alpha value is -3.41. The molecule has 3 aromatic rings. The highest BCUT2D eigenvalue weighted by molar-refractivity contribution is 6.33. The number of carbonyl (C=O) groups excluding carboxylic acids is 1. The summed E-state index contributed by atoms with van der Waals surface area (Å²) in [6.45, 7) is 1.19. The number of alkyl halides is 5. The Morgan fingerprint density at radius 2 is 1.84 bits per heavy atom. The highest BCUT2D eigenvalue weighted by Crippen LogP contribution is 2.46. The summed E-state index contributed by atoms with van der Waals surface area (Å²) in [5.74, 6) is -3.19. The van der Waals surface area contributed by atoms with E-state index in [0.717, 1.165) is 6.07 Å². The van der Waals surface area contributed by atoms with Crippen LogP contribution in [0.25, 0.3) is 11.1 Å². The molecule has 13 heteroatoms. The van der Waals surface area contributed by atoms with Gasteiger partial charge in [0.15, 0.2) is 11.5 Å². The lowest BCUT2D eigenvalue weighted by atomic mass is 10.1. The van der Waals surface area contributed by atoms with Crippen LogP contribution in [-0.4, -0.2) is 22.3 Å². The molecular formula is C18H9ClF5N3O4. The number of nitrogens with zero attached hydrogens (tertiary/aromatic N) is 2. The highest BCUT2D eigenvalue weighted by atomic mass is 35.5. The number of carbonyl (C=O) groups is 1. The normalized spacial score (nSPS) is 14.5. The Morgan fingerprint density at radius 1 is 1.16 bits per heavy atom. The molecular weight excluding hydrogens is 453 g/mol. The summed E-state index contributed by atoms with van der Waals surface area (Å²) in [5.41, 5.74) is -0.369. The molecule has 2 aromatic heterocycles. The fraction of sp³-hybridized carbons (Fsp3) is 0.167. The van der Waals surface area contributed by atoms with Gasteiger partial charge in [-0.15, -0.1) is 8.78 Å². The fourth-order valence-corrected chi connectivity index (χ4v) is 3.09. The lowest BCUT2D eigenvalue weighted by molar-refractivity contribution is -0.286. The number of ether oxygens (including phenoxy) is 2. The lowest BCUT2D eigenvalue weighted by Crippen LogP contribution is -2.25. The molecule has 0 spiro atoms. The lowest BCUT2D eigenvalue weighted by Gasteiger charge is -2.09. The molecule has 1 N–H and O–H groups in total. The second kappa shape index (κ2) is 7.08. The number of pyridine rings is 1. The topological polar surface area (TPSA) is 86.5 Å². The molecule has 0 fully saturated rings. The zero-order chi connectivity index (χ0) is 22.6. The van der Waals surface area contributed by atoms with Gasteiger partial charge in [0.1, 0.15) is 11.4 Å². The predicted molar refractivity (Wildman–Crippen MR) is 95.1 cm³/mol. The van der Waals surface area contributed by atoms with E-state index in [4.69, 9.17) is 11.6 Å². The average Bonchev–Trinajstić information content (AvgIpc) is 3.19. The number of rotatable bonds is 3. The van der Waals surface area contributed by atoms with Crippen molar-refractivity contribution in [1.82, 2.24) is 10.1 Å². The van der Waals surface area contributed by atoms with Gasteiger partial charge in [-0.3, -0.25) is 4.79 Å². The zero-order valence-electron chi connectivity index (χ0n) is 15.2. The van der Waals surface area contributed by atoms with E-state index in [1.165, 1.54) is 31.3 Å². The third kappa shape index (κ3) is 3.98. The van der Waals surface area contributed by atoms with Gasteiger partial charge in [-0.1, -0.05) is 16.8 Å². The van der Waals surface area contributed by atoms with Gasteiger partial charge in [-0.2, -0.15) is 13.2 Å². The molecule has 1 aromatic carbocycles. The van der Waals surface area contributed by atoms with Gasteiger partial charge in [0.05, 0.1) is 10.7 Å². The van der Waals surface area contributed by atoms with Crippen LogP contribution in [0.5, 0.6) is 11.5 Å². The first-order valence-electron chi connectivity index (χ1n) is 8.35. The van der Waals surface area contributed by atoms with E-state index in [1.807, 2.05) is 0 Å². The number of halogens is 6. The minimum absolute atomic E-state index is 0.0635. The number of hydrogen-bond acceptors (Lipinski definition) is 6. The molecule has 0 bridgehead atoms. The van der Waals surface area contributed by atoms with Crippen molar-refractivity contribution in [2.24, 2.45) is 0 Å². The Morgan fingerprint density at radius 3 is 2.45 bits per heavy atom. The maximum atomic E-state index is 13.2. The maximum absolute atomic E-state index is 13.2. The van der Waals surface area contributed by atoms with Crippen LogP contribution in [0.15, 0.2) is 35.0 Å². The number of aryl methyl sites for hydroxylation is 1. The Bertz CT molecular complexity index is 1180. The van der Waals surface area contributed by atoms with E-state index in [-0.39, 0.29) is 33.6 Å². The van der Waals surface area contributed by atoms with Crippen LogP contribution in [0, 0.1) is 6.92 Å². The van der Waals surface area contributed by atoms with Crippen molar-refractivity contribution in [3.63, 3.8) is 0 Å². The number of hydrogen-bond donors (Lipinski definition) is 1. The van der Waals surface area contributed by atoms with Crippen molar-refractivity contribution in [3.05, 3.63) is 52.5 Å². The summed E-state index contributed by atoms with van der Waals surface area (Å²) in [6, 6.07) is 5.09. The Labute approximate surface area is 174 Å². The number of benzene rings is 1. The molecule has 1 aliphatic rings. The minimum Gasteiger partial charge on any atom is -0.395 e. The summed E-state index contributed by atoms with van der Waals surface area (Å²) >= 11 is 6.10. The molecule has 1 aliphatic heterocycles. The molecule has 0 unspecified atom stereocenters. The Kier molecular flexibility index (Phi) is 4.76. The first kappa shape index (κ1) is 20.8. The first-order valence-corrected chi connectivity index (χ1v) is 8.73. The standard InChI is InChI=1S/C18H9ClF5N3O4/c1-7-14(15(31-27-7)17(20,21)22)16(28)26-13-3-2-8(6-25-13)9-4-11-12(5-10(9)19)30-18(23,24)29-11/h2-6H,1H3,(H,25,26,28). The summed E-state index contributed by atoms with van der Waals surface area (Å²) in [6.07, 6.45) is -7.48. The molecule has 0 aliphatic carbocycles. The molecule has 162 valence electrons. The third-order valence-electron chi connectivity index (χ3n) is 4.15. The van der Waals surface area contributed by atoms with Crippen LogP contribution < -0.4 is 14.8 Å². The number of nitrogens with one attached hydrogen (secondary N) is 1. The third-order valence-corrected chi connectivity index (χ3v) is 4.47. The quantitative estimate of drug-likeness (QED) is 0.533. The van der Waals surface area contributed by atoms with Gasteiger partial charge in [0.25, 0.3) is 11.7 Å². The van der Waals surface area contributed by atoms with E-state index in [2.05, 4.69) is 29.5 Å². The number of anilines is 1. The van der Waals surface area contributed by atoms with E-state index in [9.17, 15) is 26.7 Å². The largest absolute Gasteiger partial charge is 0.586 e. The second-order valence-corrected chi connectivity index (χ2v) is 6.71.